The SMILES string of the molecule is OC[C@@H]1CN(Cc2ccc(-n3cccn3)cc2)C[C@@H]1CN1CCOCC1. The first kappa shape index (κ1) is 17.7. The molecule has 140 valence electrons. The van der Waals surface area contributed by atoms with Gasteiger partial charge in [0.2, 0.25) is 0 Å². The zero-order valence-corrected chi connectivity index (χ0v) is 15.2. The first-order chi connectivity index (χ1) is 12.8. The Morgan fingerprint density at radius 3 is 2.50 bits per heavy atom. The van der Waals surface area contributed by atoms with Gasteiger partial charge in [-0.2, -0.15) is 5.10 Å². The minimum absolute atomic E-state index is 0.281. The number of likely N-dealkylation sites (tertiary alicyclic amines) is 1. The largest absolute Gasteiger partial charge is 0.396 e. The highest BCUT2D eigenvalue weighted by molar-refractivity contribution is 5.33. The predicted octanol–water partition coefficient (Wildman–Crippen LogP) is 1.24. The molecule has 3 heterocycles. The lowest BCUT2D eigenvalue weighted by Crippen LogP contribution is -2.41. The molecule has 4 rings (SSSR count). The third kappa shape index (κ3) is 4.15. The topological polar surface area (TPSA) is 53.8 Å². The van der Waals surface area contributed by atoms with Crippen LogP contribution in [-0.2, 0) is 11.3 Å². The number of nitrogens with zero attached hydrogens (tertiary/aromatic N) is 4. The van der Waals surface area contributed by atoms with E-state index >= 15 is 0 Å². The number of ether oxygens (including phenoxy) is 1. The molecule has 0 bridgehead atoms. The van der Waals surface area contributed by atoms with Gasteiger partial charge in [-0.1, -0.05) is 12.1 Å². The smallest absolute Gasteiger partial charge is 0.0645 e. The van der Waals surface area contributed by atoms with E-state index in [9.17, 15) is 5.11 Å². The molecule has 0 unspecified atom stereocenters. The van der Waals surface area contributed by atoms with Gasteiger partial charge in [0.1, 0.15) is 0 Å². The second-order valence-corrected chi connectivity index (χ2v) is 7.43. The molecule has 2 aromatic rings. The Balaban J connectivity index is 1.34. The molecule has 2 atom stereocenters. The minimum Gasteiger partial charge on any atom is -0.396 e. The Kier molecular flexibility index (Phi) is 5.65. The van der Waals surface area contributed by atoms with Crippen LogP contribution >= 0.6 is 0 Å². The number of aliphatic hydroxyl groups excluding tert-OH is 1. The molecule has 26 heavy (non-hydrogen) atoms. The van der Waals surface area contributed by atoms with Crippen LogP contribution in [0.1, 0.15) is 5.56 Å². The monoisotopic (exact) mass is 356 g/mol. The van der Waals surface area contributed by atoms with E-state index in [2.05, 4.69) is 39.2 Å². The number of benzene rings is 1. The summed E-state index contributed by atoms with van der Waals surface area (Å²) in [6.07, 6.45) is 3.75. The molecule has 0 aliphatic carbocycles. The lowest BCUT2D eigenvalue weighted by atomic mass is 9.96. The van der Waals surface area contributed by atoms with E-state index in [1.54, 1.807) is 6.20 Å². The summed E-state index contributed by atoms with van der Waals surface area (Å²) in [5.74, 6) is 0.919. The summed E-state index contributed by atoms with van der Waals surface area (Å²) in [5, 5.41) is 14.1. The van der Waals surface area contributed by atoms with Crippen LogP contribution in [0.3, 0.4) is 0 Å². The van der Waals surface area contributed by atoms with Crippen molar-refractivity contribution in [3.8, 4) is 5.69 Å². The predicted molar refractivity (Wildman–Crippen MR) is 100 cm³/mol. The van der Waals surface area contributed by atoms with E-state index in [0.29, 0.717) is 11.8 Å². The van der Waals surface area contributed by atoms with Crippen LogP contribution in [0.15, 0.2) is 42.7 Å². The molecule has 1 aromatic carbocycles. The third-order valence-electron chi connectivity index (χ3n) is 5.59. The van der Waals surface area contributed by atoms with Gasteiger partial charge in [-0.15, -0.1) is 0 Å². The summed E-state index contributed by atoms with van der Waals surface area (Å²) < 4.78 is 7.32. The van der Waals surface area contributed by atoms with Gasteiger partial charge < -0.3 is 9.84 Å². The van der Waals surface area contributed by atoms with Crippen molar-refractivity contribution >= 4 is 0 Å². The van der Waals surface area contributed by atoms with Crippen molar-refractivity contribution in [1.82, 2.24) is 19.6 Å². The van der Waals surface area contributed by atoms with Crippen molar-refractivity contribution in [1.29, 1.82) is 0 Å². The van der Waals surface area contributed by atoms with Crippen LogP contribution in [0.4, 0.5) is 0 Å². The van der Waals surface area contributed by atoms with E-state index in [4.69, 9.17) is 4.74 Å². The van der Waals surface area contributed by atoms with E-state index in [-0.39, 0.29) is 6.61 Å². The Bertz CT molecular complexity index is 668. The number of hydrogen-bond acceptors (Lipinski definition) is 5. The molecule has 2 saturated heterocycles. The van der Waals surface area contributed by atoms with Crippen molar-refractivity contribution in [3.05, 3.63) is 48.3 Å². The number of hydrogen-bond donors (Lipinski definition) is 1. The summed E-state index contributed by atoms with van der Waals surface area (Å²) in [6.45, 7) is 8.04. The maximum absolute atomic E-state index is 9.81. The van der Waals surface area contributed by atoms with Gasteiger partial charge in [0, 0.05) is 58.3 Å². The fourth-order valence-electron chi connectivity index (χ4n) is 4.13. The normalized spacial score (nSPS) is 25.0. The molecule has 1 N–H and O–H groups in total. The summed E-state index contributed by atoms with van der Waals surface area (Å²) in [7, 11) is 0. The molecule has 2 fully saturated rings. The van der Waals surface area contributed by atoms with Gasteiger partial charge in [0.25, 0.3) is 0 Å². The van der Waals surface area contributed by atoms with Gasteiger partial charge in [-0.25, -0.2) is 4.68 Å². The summed E-state index contributed by atoms with van der Waals surface area (Å²) >= 11 is 0. The van der Waals surface area contributed by atoms with Crippen molar-refractivity contribution < 1.29 is 9.84 Å². The van der Waals surface area contributed by atoms with E-state index in [0.717, 1.165) is 58.2 Å². The Morgan fingerprint density at radius 1 is 1.04 bits per heavy atom. The second-order valence-electron chi connectivity index (χ2n) is 7.43. The Labute approximate surface area is 155 Å². The highest BCUT2D eigenvalue weighted by atomic mass is 16.5. The Morgan fingerprint density at radius 2 is 1.81 bits per heavy atom. The highest BCUT2D eigenvalue weighted by Crippen LogP contribution is 2.26. The molecule has 1 aromatic heterocycles. The second kappa shape index (κ2) is 8.31. The van der Waals surface area contributed by atoms with Crippen LogP contribution in [0.2, 0.25) is 0 Å². The zero-order chi connectivity index (χ0) is 17.8. The van der Waals surface area contributed by atoms with Gasteiger partial charge >= 0.3 is 0 Å². The molecule has 6 heteroatoms. The van der Waals surface area contributed by atoms with Crippen LogP contribution < -0.4 is 0 Å². The molecular formula is C20H28N4O2. The summed E-state index contributed by atoms with van der Waals surface area (Å²) in [5.41, 5.74) is 2.39. The molecule has 0 amide bonds. The number of morpholine rings is 1. The van der Waals surface area contributed by atoms with Gasteiger partial charge in [0.05, 0.1) is 18.9 Å². The average Bonchev–Trinajstić information content (AvgIpc) is 3.33. The number of aliphatic hydroxyl groups is 1. The van der Waals surface area contributed by atoms with E-state index in [1.165, 1.54) is 5.56 Å². The molecule has 0 saturated carbocycles. The first-order valence-corrected chi connectivity index (χ1v) is 9.54. The van der Waals surface area contributed by atoms with Crippen molar-refractivity contribution in [2.24, 2.45) is 11.8 Å². The maximum atomic E-state index is 9.81. The lowest BCUT2D eigenvalue weighted by Gasteiger charge is -2.30. The molecule has 2 aliphatic rings. The molecule has 0 radical (unpaired) electrons. The van der Waals surface area contributed by atoms with Crippen molar-refractivity contribution in [2.75, 3.05) is 52.5 Å². The van der Waals surface area contributed by atoms with E-state index in [1.807, 2.05) is 16.9 Å². The van der Waals surface area contributed by atoms with Crippen LogP contribution in [0.25, 0.3) is 5.69 Å². The van der Waals surface area contributed by atoms with Crippen molar-refractivity contribution in [2.45, 2.75) is 6.54 Å². The van der Waals surface area contributed by atoms with Gasteiger partial charge in [0.15, 0.2) is 0 Å². The molecular weight excluding hydrogens is 328 g/mol. The maximum Gasteiger partial charge on any atom is 0.0645 e. The zero-order valence-electron chi connectivity index (χ0n) is 15.2. The molecule has 2 aliphatic heterocycles. The number of rotatable bonds is 6. The number of aromatic nitrogens is 2. The average molecular weight is 356 g/mol. The van der Waals surface area contributed by atoms with Gasteiger partial charge in [-0.05, 0) is 35.6 Å². The first-order valence-electron chi connectivity index (χ1n) is 9.54. The third-order valence-corrected chi connectivity index (χ3v) is 5.59. The lowest BCUT2D eigenvalue weighted by molar-refractivity contribution is 0.0264. The molecule has 6 nitrogen and oxygen atoms in total. The van der Waals surface area contributed by atoms with Crippen LogP contribution in [-0.4, -0.2) is 77.2 Å². The molecule has 0 spiro atoms. The van der Waals surface area contributed by atoms with Crippen molar-refractivity contribution in [3.63, 3.8) is 0 Å². The highest BCUT2D eigenvalue weighted by Gasteiger charge is 2.33. The van der Waals surface area contributed by atoms with Gasteiger partial charge in [-0.3, -0.25) is 9.80 Å². The fourth-order valence-corrected chi connectivity index (χ4v) is 4.13. The Hall–Kier alpha value is -1.73. The van der Waals surface area contributed by atoms with E-state index < -0.39 is 0 Å². The quantitative estimate of drug-likeness (QED) is 0.844. The van der Waals surface area contributed by atoms with Crippen LogP contribution in [0.5, 0.6) is 0 Å². The minimum atomic E-state index is 0.281. The fraction of sp³-hybridized carbons (Fsp3) is 0.550. The summed E-state index contributed by atoms with van der Waals surface area (Å²) in [6, 6.07) is 10.5. The van der Waals surface area contributed by atoms with Crippen LogP contribution in [0, 0.1) is 11.8 Å². The standard InChI is InChI=1S/C20H28N4O2/c25-16-19-15-23(14-18(19)13-22-8-10-26-11-9-22)12-17-2-4-20(5-3-17)24-7-1-6-21-24/h1-7,18-19,25H,8-16H2/t18-,19-/m0/s1. The summed E-state index contributed by atoms with van der Waals surface area (Å²) in [4.78, 5) is 4.97.